The molecule has 25 heteroatoms. The van der Waals surface area contributed by atoms with E-state index in [-0.39, 0.29) is 89.3 Å². The van der Waals surface area contributed by atoms with Crippen LogP contribution in [0, 0.1) is 5.92 Å². The van der Waals surface area contributed by atoms with Gasteiger partial charge in [-0.2, -0.15) is 0 Å². The quantitative estimate of drug-likeness (QED) is 0.0211. The standard InChI is InChI=1S/C50H74N14O11/c1-29(2)24-36(49(75)64-23-11-18-39(64)47(73)58-33(16-9-21-56-50(54)55)42(68)57-27-41(53)67)61-44(70)35(26-31-14-7-4-8-15-31)60-45(71)37(28-65)62-43(69)34(19-20-40(52)66)59-46(72)38-17-10-22-63(38)48(74)32(51)25-30-12-5-3-6-13-30/h3-8,12-15,29,32-39,65H,9-11,16-28,51H2,1-2H3,(H2,52,66)(H2,53,67)(H,57,68)(H,58,73)(H,59,72)(H,60,71)(H,61,70)(H,62,69)(H4,54,55,56)/t32-,33-,34-,35-,36-,37-,38-,39-/m0/s1. The van der Waals surface area contributed by atoms with Gasteiger partial charge in [-0.1, -0.05) is 74.5 Å². The second-order valence-corrected chi connectivity index (χ2v) is 19.1. The Balaban J connectivity index is 1.50. The number of nitrogens with zero attached hydrogens (tertiary/aromatic N) is 3. The van der Waals surface area contributed by atoms with Crippen molar-refractivity contribution in [3.63, 3.8) is 0 Å². The van der Waals surface area contributed by atoms with Crippen molar-refractivity contribution in [1.82, 2.24) is 41.7 Å². The van der Waals surface area contributed by atoms with Gasteiger partial charge in [0, 0.05) is 32.5 Å². The van der Waals surface area contributed by atoms with E-state index in [1.54, 1.807) is 30.3 Å². The predicted octanol–water partition coefficient (Wildman–Crippen LogP) is -3.84. The van der Waals surface area contributed by atoms with Gasteiger partial charge in [-0.25, -0.2) is 0 Å². The van der Waals surface area contributed by atoms with Crippen LogP contribution in [0.15, 0.2) is 65.7 Å². The maximum atomic E-state index is 14.5. The number of nitrogens with two attached hydrogens (primary N) is 5. The maximum absolute atomic E-state index is 14.5. The molecule has 17 N–H and O–H groups in total. The molecule has 4 rings (SSSR count). The van der Waals surface area contributed by atoms with Crippen LogP contribution in [-0.4, -0.2) is 161 Å². The Hall–Kier alpha value is -7.67. The van der Waals surface area contributed by atoms with Crippen LogP contribution in [-0.2, 0) is 60.8 Å². The molecular formula is C50H74N14O11. The first-order chi connectivity index (χ1) is 35.7. The Bertz CT molecular complexity index is 2340. The maximum Gasteiger partial charge on any atom is 0.245 e. The van der Waals surface area contributed by atoms with Crippen LogP contribution in [0.5, 0.6) is 0 Å². The lowest BCUT2D eigenvalue weighted by Gasteiger charge is -2.31. The number of nitrogens with one attached hydrogen (secondary N) is 6. The fourth-order valence-corrected chi connectivity index (χ4v) is 8.90. The Morgan fingerprint density at radius 3 is 1.63 bits per heavy atom. The molecule has 2 fully saturated rings. The lowest BCUT2D eigenvalue weighted by atomic mass is 10.00. The number of aliphatic hydroxyl groups is 1. The SMILES string of the molecule is CC(C)C[C@H](NC(=O)[C@H](Cc1ccccc1)NC(=O)[C@H](CO)NC(=O)[C@H](CCC(N)=O)NC(=O)[C@@H]1CCCN1C(=O)[C@@H](N)Cc1ccccc1)C(=O)N1CCC[C@H]1C(=O)N[C@@H](CCCN=C(N)N)C(=O)NCC(N)=O. The van der Waals surface area contributed by atoms with Gasteiger partial charge in [-0.05, 0) is 74.8 Å². The zero-order valence-electron chi connectivity index (χ0n) is 42.5. The van der Waals surface area contributed by atoms with Gasteiger partial charge in [-0.3, -0.25) is 52.9 Å². The minimum absolute atomic E-state index is 0.0657. The monoisotopic (exact) mass is 1050 g/mol. The number of primary amides is 2. The molecule has 10 amide bonds. The topological polar surface area (TPSA) is 412 Å². The smallest absolute Gasteiger partial charge is 0.245 e. The third-order valence-electron chi connectivity index (χ3n) is 12.7. The highest BCUT2D eigenvalue weighted by Gasteiger charge is 2.41. The average Bonchev–Trinajstić information content (AvgIpc) is 4.08. The fraction of sp³-hybridized carbons (Fsp3) is 0.540. The summed E-state index contributed by atoms with van der Waals surface area (Å²) in [5.41, 5.74) is 29.2. The Labute approximate surface area is 435 Å². The Morgan fingerprint density at radius 1 is 0.613 bits per heavy atom. The molecule has 0 spiro atoms. The van der Waals surface area contributed by atoms with Crippen molar-refractivity contribution in [2.75, 3.05) is 32.8 Å². The van der Waals surface area contributed by atoms with E-state index >= 15 is 0 Å². The van der Waals surface area contributed by atoms with Gasteiger partial charge in [-0.15, -0.1) is 0 Å². The van der Waals surface area contributed by atoms with Crippen molar-refractivity contribution >= 4 is 65.0 Å². The van der Waals surface area contributed by atoms with Gasteiger partial charge in [0.15, 0.2) is 5.96 Å². The highest BCUT2D eigenvalue weighted by Crippen LogP contribution is 2.22. The average molecular weight is 1050 g/mol. The van der Waals surface area contributed by atoms with Crippen LogP contribution in [0.1, 0.15) is 82.8 Å². The fourth-order valence-electron chi connectivity index (χ4n) is 8.90. The van der Waals surface area contributed by atoms with Crippen molar-refractivity contribution in [2.45, 2.75) is 133 Å². The number of likely N-dealkylation sites (tertiary alicyclic amines) is 2. The van der Waals surface area contributed by atoms with Crippen molar-refractivity contribution in [3.05, 3.63) is 71.8 Å². The van der Waals surface area contributed by atoms with E-state index in [1.807, 2.05) is 44.2 Å². The number of hydrogen-bond acceptors (Lipinski definition) is 13. The molecule has 2 heterocycles. The third-order valence-corrected chi connectivity index (χ3v) is 12.7. The van der Waals surface area contributed by atoms with Crippen LogP contribution < -0.4 is 60.6 Å². The zero-order valence-corrected chi connectivity index (χ0v) is 42.5. The number of carbonyl (C=O) groups is 10. The number of rotatable bonds is 29. The second-order valence-electron chi connectivity index (χ2n) is 19.1. The molecule has 8 atom stereocenters. The van der Waals surface area contributed by atoms with Crippen molar-refractivity contribution in [1.29, 1.82) is 0 Å². The molecule has 0 radical (unpaired) electrons. The van der Waals surface area contributed by atoms with E-state index in [1.165, 1.54) is 9.80 Å². The summed E-state index contributed by atoms with van der Waals surface area (Å²) >= 11 is 0. The molecule has 0 unspecified atom stereocenters. The largest absolute Gasteiger partial charge is 0.394 e. The number of aliphatic hydroxyl groups excluding tert-OH is 1. The molecule has 2 aliphatic rings. The molecular weight excluding hydrogens is 973 g/mol. The van der Waals surface area contributed by atoms with Gasteiger partial charge in [0.2, 0.25) is 59.1 Å². The molecule has 410 valence electrons. The number of aliphatic imine (C=N–C) groups is 1. The molecule has 0 saturated carbocycles. The lowest BCUT2D eigenvalue weighted by molar-refractivity contribution is -0.143. The van der Waals surface area contributed by atoms with Crippen LogP contribution in [0.3, 0.4) is 0 Å². The van der Waals surface area contributed by atoms with Crippen LogP contribution in [0.2, 0.25) is 0 Å². The van der Waals surface area contributed by atoms with E-state index < -0.39 is 121 Å². The Kier molecular flexibility index (Phi) is 23.9. The molecule has 2 aliphatic heterocycles. The van der Waals surface area contributed by atoms with Crippen molar-refractivity contribution in [2.24, 2.45) is 39.6 Å². The summed E-state index contributed by atoms with van der Waals surface area (Å²) in [5.74, 6) is -7.88. The highest BCUT2D eigenvalue weighted by atomic mass is 16.3. The van der Waals surface area contributed by atoms with Gasteiger partial charge < -0.3 is 75.5 Å². The first-order valence-electron chi connectivity index (χ1n) is 25.2. The first-order valence-corrected chi connectivity index (χ1v) is 25.2. The molecule has 2 aromatic rings. The summed E-state index contributed by atoms with van der Waals surface area (Å²) in [5, 5.41) is 25.9. The molecule has 0 aromatic heterocycles. The molecule has 0 aliphatic carbocycles. The summed E-state index contributed by atoms with van der Waals surface area (Å²) in [7, 11) is 0. The summed E-state index contributed by atoms with van der Waals surface area (Å²) in [4.78, 5) is 141. The number of benzene rings is 2. The van der Waals surface area contributed by atoms with E-state index in [0.29, 0.717) is 18.4 Å². The van der Waals surface area contributed by atoms with Crippen LogP contribution in [0.25, 0.3) is 0 Å². The molecule has 2 aromatic carbocycles. The van der Waals surface area contributed by atoms with E-state index in [0.717, 1.165) is 5.56 Å². The van der Waals surface area contributed by atoms with Gasteiger partial charge in [0.1, 0.15) is 42.3 Å². The number of guanidine groups is 1. The minimum Gasteiger partial charge on any atom is -0.394 e. The summed E-state index contributed by atoms with van der Waals surface area (Å²) in [6, 6.07) is 7.71. The Morgan fingerprint density at radius 2 is 1.11 bits per heavy atom. The van der Waals surface area contributed by atoms with E-state index in [9.17, 15) is 53.1 Å². The highest BCUT2D eigenvalue weighted by molar-refractivity contribution is 5.98. The normalized spacial score (nSPS) is 17.5. The predicted molar refractivity (Wildman–Crippen MR) is 274 cm³/mol. The van der Waals surface area contributed by atoms with E-state index in [4.69, 9.17) is 28.7 Å². The molecule has 2 saturated heterocycles. The summed E-state index contributed by atoms with van der Waals surface area (Å²) in [6.07, 6.45) is 1.23. The molecule has 0 bridgehead atoms. The molecule has 75 heavy (non-hydrogen) atoms. The minimum atomic E-state index is -1.71. The molecule has 25 nitrogen and oxygen atoms in total. The van der Waals surface area contributed by atoms with Gasteiger partial charge >= 0.3 is 0 Å². The lowest BCUT2D eigenvalue weighted by Crippen LogP contribution is -2.61. The third kappa shape index (κ3) is 19.3. The zero-order chi connectivity index (χ0) is 55.2. The number of carbonyl (C=O) groups excluding carboxylic acids is 10. The number of amides is 10. The van der Waals surface area contributed by atoms with Crippen LogP contribution in [0.4, 0.5) is 0 Å². The second kappa shape index (κ2) is 29.9. The first kappa shape index (κ1) is 59.9. The summed E-state index contributed by atoms with van der Waals surface area (Å²) < 4.78 is 0. The van der Waals surface area contributed by atoms with E-state index in [2.05, 4.69) is 36.9 Å². The summed E-state index contributed by atoms with van der Waals surface area (Å²) in [6.45, 7) is 2.68. The number of hydrogen-bond donors (Lipinski definition) is 12. The van der Waals surface area contributed by atoms with Gasteiger partial charge in [0.05, 0.1) is 19.2 Å². The van der Waals surface area contributed by atoms with Crippen LogP contribution >= 0.6 is 0 Å². The van der Waals surface area contributed by atoms with Gasteiger partial charge in [0.25, 0.3) is 0 Å². The van der Waals surface area contributed by atoms with Crippen molar-refractivity contribution < 1.29 is 53.1 Å². The van der Waals surface area contributed by atoms with Crippen molar-refractivity contribution in [3.8, 4) is 0 Å².